The van der Waals surface area contributed by atoms with Crippen LogP contribution in [-0.4, -0.2) is 17.0 Å². The van der Waals surface area contributed by atoms with Gasteiger partial charge in [0.2, 0.25) is 5.91 Å². The summed E-state index contributed by atoms with van der Waals surface area (Å²) in [7, 11) is 0. The number of allylic oxidation sites excluding steroid dienone is 1. The summed E-state index contributed by atoms with van der Waals surface area (Å²) in [5.41, 5.74) is 3.56. The number of anilines is 1. The molecule has 0 bridgehead atoms. The van der Waals surface area contributed by atoms with Gasteiger partial charge in [0.05, 0.1) is 0 Å². The highest BCUT2D eigenvalue weighted by atomic mass is 35.5. The van der Waals surface area contributed by atoms with Crippen molar-refractivity contribution < 1.29 is 14.7 Å². The van der Waals surface area contributed by atoms with Crippen molar-refractivity contribution >= 4 is 34.7 Å². The zero-order valence-electron chi connectivity index (χ0n) is 13.5. The van der Waals surface area contributed by atoms with Crippen molar-refractivity contribution in [3.63, 3.8) is 0 Å². The molecule has 2 aromatic rings. The lowest BCUT2D eigenvalue weighted by Crippen LogP contribution is -2.25. The van der Waals surface area contributed by atoms with E-state index in [0.717, 1.165) is 16.7 Å². The van der Waals surface area contributed by atoms with Gasteiger partial charge in [0, 0.05) is 28.6 Å². The maximum Gasteiger partial charge on any atom is 0.303 e. The number of benzene rings is 2. The Balaban J connectivity index is 2.03. The fraction of sp³-hybridized carbons (Fsp3) is 0.200. The summed E-state index contributed by atoms with van der Waals surface area (Å²) in [6, 6.07) is 15.2. The van der Waals surface area contributed by atoms with Crippen molar-refractivity contribution in [3.05, 3.63) is 70.8 Å². The zero-order valence-corrected chi connectivity index (χ0v) is 14.3. The maximum atomic E-state index is 12.5. The second kappa shape index (κ2) is 7.53. The Morgan fingerprint density at radius 3 is 2.68 bits per heavy atom. The lowest BCUT2D eigenvalue weighted by molar-refractivity contribution is -0.137. The third kappa shape index (κ3) is 4.09. The van der Waals surface area contributed by atoms with Gasteiger partial charge in [0.1, 0.15) is 0 Å². The van der Waals surface area contributed by atoms with Crippen molar-refractivity contribution in [2.45, 2.75) is 19.3 Å². The molecule has 1 unspecified atom stereocenters. The van der Waals surface area contributed by atoms with E-state index in [1.807, 2.05) is 42.5 Å². The molecule has 1 aliphatic rings. The third-order valence-corrected chi connectivity index (χ3v) is 4.53. The number of fused-ring (bicyclic) bond motifs is 1. The first-order valence-electron chi connectivity index (χ1n) is 8.13. The molecule has 25 heavy (non-hydrogen) atoms. The van der Waals surface area contributed by atoms with Crippen LogP contribution in [0.2, 0.25) is 5.02 Å². The van der Waals surface area contributed by atoms with E-state index in [4.69, 9.17) is 16.7 Å². The second-order valence-electron chi connectivity index (χ2n) is 6.03. The Labute approximate surface area is 151 Å². The van der Waals surface area contributed by atoms with Crippen molar-refractivity contribution in [3.8, 4) is 0 Å². The smallest absolute Gasteiger partial charge is 0.303 e. The number of hydrogen-bond acceptors (Lipinski definition) is 2. The van der Waals surface area contributed by atoms with Gasteiger partial charge in [-0.25, -0.2) is 0 Å². The first-order chi connectivity index (χ1) is 12.0. The summed E-state index contributed by atoms with van der Waals surface area (Å²) in [6.45, 7) is 0. The SMILES string of the molecule is O=C(O)CCC1C/C=C(\c2ccccc2)c2cc(Cl)ccc2NC1=O. The van der Waals surface area contributed by atoms with Crippen LogP contribution >= 0.6 is 11.6 Å². The van der Waals surface area contributed by atoms with Crippen LogP contribution in [0.5, 0.6) is 0 Å². The van der Waals surface area contributed by atoms with Gasteiger partial charge in [0.25, 0.3) is 0 Å². The van der Waals surface area contributed by atoms with Crippen LogP contribution in [0.25, 0.3) is 5.57 Å². The van der Waals surface area contributed by atoms with Gasteiger partial charge in [-0.2, -0.15) is 0 Å². The monoisotopic (exact) mass is 355 g/mol. The molecule has 1 aliphatic heterocycles. The average molecular weight is 356 g/mol. The highest BCUT2D eigenvalue weighted by molar-refractivity contribution is 6.31. The van der Waals surface area contributed by atoms with Gasteiger partial charge in [-0.05, 0) is 42.2 Å². The Kier molecular flexibility index (Phi) is 5.19. The van der Waals surface area contributed by atoms with Gasteiger partial charge in [-0.15, -0.1) is 0 Å². The van der Waals surface area contributed by atoms with Crippen molar-refractivity contribution in [2.75, 3.05) is 5.32 Å². The summed E-state index contributed by atoms with van der Waals surface area (Å²) in [4.78, 5) is 23.4. The zero-order chi connectivity index (χ0) is 17.8. The number of rotatable bonds is 4. The van der Waals surface area contributed by atoms with Gasteiger partial charge < -0.3 is 10.4 Å². The van der Waals surface area contributed by atoms with Crippen molar-refractivity contribution in [1.29, 1.82) is 0 Å². The number of carboxylic acid groups (broad SMARTS) is 1. The molecule has 2 N–H and O–H groups in total. The molecule has 4 nitrogen and oxygen atoms in total. The molecule has 1 heterocycles. The Morgan fingerprint density at radius 1 is 1.20 bits per heavy atom. The Bertz CT molecular complexity index is 830. The molecule has 128 valence electrons. The molecule has 0 aliphatic carbocycles. The van der Waals surface area contributed by atoms with Gasteiger partial charge in [0.15, 0.2) is 0 Å². The standard InChI is InChI=1S/C20H18ClNO3/c21-15-8-10-18-17(12-15)16(13-4-2-1-3-5-13)9-6-14(20(25)22-18)7-11-19(23)24/h1-5,8-10,12,14H,6-7,11H2,(H,22,25)(H,23,24)/b16-9+. The molecular weight excluding hydrogens is 338 g/mol. The lowest BCUT2D eigenvalue weighted by atomic mass is 9.89. The minimum atomic E-state index is -0.894. The molecule has 0 aromatic heterocycles. The van der Waals surface area contributed by atoms with E-state index in [-0.39, 0.29) is 18.2 Å². The topological polar surface area (TPSA) is 66.4 Å². The van der Waals surface area contributed by atoms with Gasteiger partial charge >= 0.3 is 5.97 Å². The fourth-order valence-corrected chi connectivity index (χ4v) is 3.17. The first kappa shape index (κ1) is 17.2. The molecule has 5 heteroatoms. The van der Waals surface area contributed by atoms with Crippen molar-refractivity contribution in [2.24, 2.45) is 5.92 Å². The van der Waals surface area contributed by atoms with Crippen LogP contribution in [0.1, 0.15) is 30.4 Å². The van der Waals surface area contributed by atoms with Crippen molar-refractivity contribution in [1.82, 2.24) is 0 Å². The van der Waals surface area contributed by atoms with E-state index < -0.39 is 5.97 Å². The lowest BCUT2D eigenvalue weighted by Gasteiger charge is -2.22. The van der Waals surface area contributed by atoms with Crippen LogP contribution in [0.4, 0.5) is 5.69 Å². The highest BCUT2D eigenvalue weighted by Crippen LogP contribution is 2.35. The minimum absolute atomic E-state index is 0.0277. The van der Waals surface area contributed by atoms with Crippen LogP contribution in [0, 0.1) is 5.92 Å². The average Bonchev–Trinajstić information content (AvgIpc) is 2.59. The highest BCUT2D eigenvalue weighted by Gasteiger charge is 2.23. The van der Waals surface area contributed by atoms with Crippen LogP contribution in [0.3, 0.4) is 0 Å². The van der Waals surface area contributed by atoms with Crippen LogP contribution in [0.15, 0.2) is 54.6 Å². The molecule has 0 fully saturated rings. The van der Waals surface area contributed by atoms with E-state index in [2.05, 4.69) is 5.32 Å². The van der Waals surface area contributed by atoms with Crippen LogP contribution in [-0.2, 0) is 9.59 Å². The fourth-order valence-electron chi connectivity index (χ4n) is 3.00. The predicted molar refractivity (Wildman–Crippen MR) is 98.6 cm³/mol. The number of carbonyl (C=O) groups excluding carboxylic acids is 1. The quantitative estimate of drug-likeness (QED) is 0.842. The van der Waals surface area contributed by atoms with E-state index >= 15 is 0 Å². The normalized spacial score (nSPS) is 19.0. The summed E-state index contributed by atoms with van der Waals surface area (Å²) in [5.74, 6) is -1.43. The third-order valence-electron chi connectivity index (χ3n) is 4.30. The summed E-state index contributed by atoms with van der Waals surface area (Å²) >= 11 is 6.17. The Morgan fingerprint density at radius 2 is 1.96 bits per heavy atom. The minimum Gasteiger partial charge on any atom is -0.481 e. The molecule has 1 amide bonds. The largest absolute Gasteiger partial charge is 0.481 e. The number of carboxylic acids is 1. The molecule has 0 saturated carbocycles. The predicted octanol–water partition coefficient (Wildman–Crippen LogP) is 4.59. The second-order valence-corrected chi connectivity index (χ2v) is 6.46. The van der Waals surface area contributed by atoms with E-state index in [1.165, 1.54) is 0 Å². The first-order valence-corrected chi connectivity index (χ1v) is 8.50. The number of carbonyl (C=O) groups is 2. The molecule has 0 radical (unpaired) electrons. The summed E-state index contributed by atoms with van der Waals surface area (Å²) in [6.07, 6.45) is 2.77. The number of hydrogen-bond donors (Lipinski definition) is 2. The number of amides is 1. The van der Waals surface area contributed by atoms with E-state index in [0.29, 0.717) is 23.6 Å². The molecule has 0 spiro atoms. The summed E-state index contributed by atoms with van der Waals surface area (Å²) in [5, 5.41) is 12.4. The van der Waals surface area contributed by atoms with E-state index in [9.17, 15) is 9.59 Å². The number of halogens is 1. The van der Waals surface area contributed by atoms with E-state index in [1.54, 1.807) is 12.1 Å². The number of aliphatic carboxylic acids is 1. The molecular formula is C20H18ClNO3. The molecule has 1 atom stereocenters. The number of nitrogens with one attached hydrogen (secondary N) is 1. The van der Waals surface area contributed by atoms with Gasteiger partial charge in [-0.3, -0.25) is 9.59 Å². The molecule has 3 rings (SSSR count). The maximum absolute atomic E-state index is 12.5. The Hall–Kier alpha value is -2.59. The molecule has 2 aromatic carbocycles. The van der Waals surface area contributed by atoms with Gasteiger partial charge in [-0.1, -0.05) is 48.0 Å². The molecule has 0 saturated heterocycles. The van der Waals surface area contributed by atoms with Crippen LogP contribution < -0.4 is 5.32 Å². The summed E-state index contributed by atoms with van der Waals surface area (Å²) < 4.78 is 0.